The number of pyridine rings is 2. The van der Waals surface area contributed by atoms with Crippen molar-refractivity contribution in [1.82, 2.24) is 9.97 Å². The van der Waals surface area contributed by atoms with Crippen molar-refractivity contribution in [2.24, 2.45) is 0 Å². The molecule has 0 aliphatic heterocycles. The van der Waals surface area contributed by atoms with Crippen LogP contribution in [0.4, 0.5) is 0 Å². The first-order valence-electron chi connectivity index (χ1n) is 8.47. The third-order valence-electron chi connectivity index (χ3n) is 4.42. The van der Waals surface area contributed by atoms with Gasteiger partial charge in [0.05, 0.1) is 11.4 Å². The molecule has 2 nitrogen and oxygen atoms in total. The molecule has 0 atom stereocenters. The number of hydrogen-bond donors (Lipinski definition) is 0. The molecule has 0 spiro atoms. The first-order chi connectivity index (χ1) is 11.8. The summed E-state index contributed by atoms with van der Waals surface area (Å²) in [5.41, 5.74) is 8.34. The van der Waals surface area contributed by atoms with E-state index in [0.29, 0.717) is 0 Å². The topological polar surface area (TPSA) is 25.8 Å². The van der Waals surface area contributed by atoms with E-state index in [0.717, 1.165) is 16.0 Å². The Labute approximate surface area is 158 Å². The summed E-state index contributed by atoms with van der Waals surface area (Å²) >= 11 is 3.43. The molecule has 0 N–H and O–H groups in total. The summed E-state index contributed by atoms with van der Waals surface area (Å²) in [6.45, 7) is 11.1. The van der Waals surface area contributed by atoms with Crippen LogP contribution in [0.5, 0.6) is 0 Å². The van der Waals surface area contributed by atoms with Crippen LogP contribution in [0.3, 0.4) is 0 Å². The molecule has 0 saturated carbocycles. The van der Waals surface area contributed by atoms with Crippen molar-refractivity contribution in [2.45, 2.75) is 40.0 Å². The number of nitrogens with zero attached hydrogens (tertiary/aromatic N) is 2. The highest BCUT2D eigenvalue weighted by molar-refractivity contribution is 9.10. The Kier molecular flexibility index (Phi) is 4.79. The standard InChI is InChI=1S/C22H23BrN2/c1-14-11-17(22(3,4)5)12-15(2)21(14)16-9-10-24-19(13-16)18-7-6-8-20(23)25-18/h6-13H,1-5H3. The highest BCUT2D eigenvalue weighted by Crippen LogP contribution is 2.33. The lowest BCUT2D eigenvalue weighted by molar-refractivity contribution is 0.589. The van der Waals surface area contributed by atoms with E-state index < -0.39 is 0 Å². The molecular formula is C22H23BrN2. The van der Waals surface area contributed by atoms with Gasteiger partial charge in [0, 0.05) is 6.20 Å². The van der Waals surface area contributed by atoms with E-state index in [1.54, 1.807) is 0 Å². The van der Waals surface area contributed by atoms with Crippen LogP contribution in [0.25, 0.3) is 22.5 Å². The fraction of sp³-hybridized carbons (Fsp3) is 0.273. The van der Waals surface area contributed by atoms with Gasteiger partial charge in [0.15, 0.2) is 0 Å². The molecule has 2 aromatic heterocycles. The van der Waals surface area contributed by atoms with E-state index >= 15 is 0 Å². The van der Waals surface area contributed by atoms with Crippen LogP contribution in [-0.4, -0.2) is 9.97 Å². The van der Waals surface area contributed by atoms with Crippen molar-refractivity contribution in [3.63, 3.8) is 0 Å². The van der Waals surface area contributed by atoms with E-state index in [4.69, 9.17) is 0 Å². The SMILES string of the molecule is Cc1cc(C(C)(C)C)cc(C)c1-c1ccnc(-c2cccc(Br)n2)c1. The molecule has 1 aromatic carbocycles. The van der Waals surface area contributed by atoms with Crippen molar-refractivity contribution >= 4 is 15.9 Å². The van der Waals surface area contributed by atoms with Gasteiger partial charge in [0.25, 0.3) is 0 Å². The monoisotopic (exact) mass is 394 g/mol. The van der Waals surface area contributed by atoms with E-state index in [9.17, 15) is 0 Å². The van der Waals surface area contributed by atoms with E-state index in [2.05, 4.69) is 84.8 Å². The number of hydrogen-bond acceptors (Lipinski definition) is 2. The minimum atomic E-state index is 0.150. The minimum absolute atomic E-state index is 0.150. The van der Waals surface area contributed by atoms with Gasteiger partial charge in [0.2, 0.25) is 0 Å². The fourth-order valence-corrected chi connectivity index (χ4v) is 3.47. The van der Waals surface area contributed by atoms with Crippen LogP contribution in [-0.2, 0) is 5.41 Å². The number of rotatable bonds is 2. The zero-order valence-corrected chi connectivity index (χ0v) is 17.0. The van der Waals surface area contributed by atoms with Crippen LogP contribution >= 0.6 is 15.9 Å². The van der Waals surface area contributed by atoms with Crippen molar-refractivity contribution < 1.29 is 0 Å². The van der Waals surface area contributed by atoms with Gasteiger partial charge in [-0.2, -0.15) is 0 Å². The van der Waals surface area contributed by atoms with E-state index in [1.165, 1.54) is 27.8 Å². The molecule has 0 aliphatic rings. The average Bonchev–Trinajstić information content (AvgIpc) is 2.53. The second-order valence-electron chi connectivity index (χ2n) is 7.51. The number of aryl methyl sites for hydroxylation is 2. The van der Waals surface area contributed by atoms with Crippen LogP contribution in [0.15, 0.2) is 53.3 Å². The van der Waals surface area contributed by atoms with Crippen molar-refractivity contribution in [3.8, 4) is 22.5 Å². The predicted octanol–water partition coefficient (Wildman–Crippen LogP) is 6.49. The van der Waals surface area contributed by atoms with E-state index in [-0.39, 0.29) is 5.41 Å². The lowest BCUT2D eigenvalue weighted by atomic mass is 9.82. The Balaban J connectivity index is 2.10. The molecule has 3 aromatic rings. The van der Waals surface area contributed by atoms with Crippen molar-refractivity contribution in [1.29, 1.82) is 0 Å². The largest absolute Gasteiger partial charge is 0.255 e. The molecule has 0 bridgehead atoms. The molecule has 0 aliphatic carbocycles. The highest BCUT2D eigenvalue weighted by atomic mass is 79.9. The molecule has 0 amide bonds. The van der Waals surface area contributed by atoms with E-state index in [1.807, 2.05) is 24.4 Å². The van der Waals surface area contributed by atoms with Crippen LogP contribution in [0.1, 0.15) is 37.5 Å². The van der Waals surface area contributed by atoms with Gasteiger partial charge < -0.3 is 0 Å². The summed E-state index contributed by atoms with van der Waals surface area (Å²) in [5, 5.41) is 0. The van der Waals surface area contributed by atoms with Crippen LogP contribution in [0, 0.1) is 13.8 Å². The molecule has 0 fully saturated rings. The van der Waals surface area contributed by atoms with Gasteiger partial charge in [-0.1, -0.05) is 39.0 Å². The third-order valence-corrected chi connectivity index (χ3v) is 4.87. The van der Waals surface area contributed by atoms with Gasteiger partial charge in [-0.3, -0.25) is 4.98 Å². The Hall–Kier alpha value is -2.00. The Morgan fingerprint density at radius 3 is 2.16 bits per heavy atom. The highest BCUT2D eigenvalue weighted by Gasteiger charge is 2.17. The summed E-state index contributed by atoms with van der Waals surface area (Å²) in [6.07, 6.45) is 1.86. The van der Waals surface area contributed by atoms with Crippen molar-refractivity contribution in [2.75, 3.05) is 0 Å². The lowest BCUT2D eigenvalue weighted by Crippen LogP contribution is -2.12. The molecule has 3 heteroatoms. The fourth-order valence-electron chi connectivity index (χ4n) is 3.13. The van der Waals surface area contributed by atoms with Crippen LogP contribution < -0.4 is 0 Å². The second-order valence-corrected chi connectivity index (χ2v) is 8.32. The average molecular weight is 395 g/mol. The zero-order chi connectivity index (χ0) is 18.2. The minimum Gasteiger partial charge on any atom is -0.255 e. The maximum Gasteiger partial charge on any atom is 0.106 e. The lowest BCUT2D eigenvalue weighted by Gasteiger charge is -2.22. The maximum atomic E-state index is 4.52. The Morgan fingerprint density at radius 1 is 0.880 bits per heavy atom. The molecule has 128 valence electrons. The molecule has 3 rings (SSSR count). The van der Waals surface area contributed by atoms with Crippen molar-refractivity contribution in [3.05, 3.63) is 70.0 Å². The van der Waals surface area contributed by atoms with Crippen LogP contribution in [0.2, 0.25) is 0 Å². The first kappa shape index (κ1) is 17.8. The predicted molar refractivity (Wildman–Crippen MR) is 109 cm³/mol. The molecule has 25 heavy (non-hydrogen) atoms. The van der Waals surface area contributed by atoms with Gasteiger partial charge >= 0.3 is 0 Å². The molecular weight excluding hydrogens is 372 g/mol. The third kappa shape index (κ3) is 3.82. The number of aromatic nitrogens is 2. The summed E-state index contributed by atoms with van der Waals surface area (Å²) in [6, 6.07) is 14.7. The molecule has 0 unspecified atom stereocenters. The van der Waals surface area contributed by atoms with Gasteiger partial charge in [-0.15, -0.1) is 0 Å². The summed E-state index contributed by atoms with van der Waals surface area (Å²) in [4.78, 5) is 9.03. The number of halogens is 1. The number of benzene rings is 1. The van der Waals surface area contributed by atoms with Gasteiger partial charge in [-0.25, -0.2) is 4.98 Å². The van der Waals surface area contributed by atoms with Gasteiger partial charge in [0.1, 0.15) is 4.60 Å². The molecule has 0 radical (unpaired) electrons. The second kappa shape index (κ2) is 6.72. The normalized spacial score (nSPS) is 11.6. The maximum absolute atomic E-state index is 4.52. The summed E-state index contributed by atoms with van der Waals surface area (Å²) < 4.78 is 0.819. The summed E-state index contributed by atoms with van der Waals surface area (Å²) in [7, 11) is 0. The first-order valence-corrected chi connectivity index (χ1v) is 9.26. The Morgan fingerprint density at radius 2 is 1.56 bits per heavy atom. The smallest absolute Gasteiger partial charge is 0.106 e. The summed E-state index contributed by atoms with van der Waals surface area (Å²) in [5.74, 6) is 0. The quantitative estimate of drug-likeness (QED) is 0.464. The molecule has 0 saturated heterocycles. The zero-order valence-electron chi connectivity index (χ0n) is 15.4. The Bertz CT molecular complexity index is 900. The molecule has 2 heterocycles. The van der Waals surface area contributed by atoms with Gasteiger partial charge in [-0.05, 0) is 87.3 Å².